The molecule has 142 valence electrons. The highest BCUT2D eigenvalue weighted by Crippen LogP contribution is 2.36. The SMILES string of the molecule is COc1ccc(N2C[C@H](C(=O)N(C)Cc3ccccc3)CC2=O)c(OC)c1. The number of anilines is 1. The fourth-order valence-electron chi connectivity index (χ4n) is 3.36. The van der Waals surface area contributed by atoms with Crippen LogP contribution in [0.25, 0.3) is 0 Å². The molecule has 2 aromatic rings. The van der Waals surface area contributed by atoms with Gasteiger partial charge in [-0.1, -0.05) is 30.3 Å². The van der Waals surface area contributed by atoms with Crippen molar-refractivity contribution in [2.75, 3.05) is 32.7 Å². The van der Waals surface area contributed by atoms with E-state index in [0.717, 1.165) is 5.56 Å². The summed E-state index contributed by atoms with van der Waals surface area (Å²) in [6.45, 7) is 0.871. The number of nitrogens with zero attached hydrogens (tertiary/aromatic N) is 2. The molecule has 1 atom stereocenters. The molecule has 0 aromatic heterocycles. The van der Waals surface area contributed by atoms with Gasteiger partial charge in [-0.25, -0.2) is 0 Å². The number of hydrogen-bond acceptors (Lipinski definition) is 4. The first-order valence-electron chi connectivity index (χ1n) is 8.84. The maximum Gasteiger partial charge on any atom is 0.228 e. The van der Waals surface area contributed by atoms with Crippen molar-refractivity contribution < 1.29 is 19.1 Å². The second-order valence-corrected chi connectivity index (χ2v) is 6.62. The standard InChI is InChI=1S/C21H24N2O4/c1-22(13-15-7-5-4-6-8-15)21(25)16-11-20(24)23(14-16)18-10-9-17(26-2)12-19(18)27-3/h4-10,12,16H,11,13-14H2,1-3H3/t16-/m1/s1. The van der Waals surface area contributed by atoms with Crippen LogP contribution in [-0.2, 0) is 16.1 Å². The van der Waals surface area contributed by atoms with E-state index in [1.54, 1.807) is 49.3 Å². The van der Waals surface area contributed by atoms with Crippen molar-refractivity contribution in [3.63, 3.8) is 0 Å². The molecule has 3 rings (SSSR count). The smallest absolute Gasteiger partial charge is 0.228 e. The Balaban J connectivity index is 1.72. The fraction of sp³-hybridized carbons (Fsp3) is 0.333. The van der Waals surface area contributed by atoms with Crippen LogP contribution in [0.15, 0.2) is 48.5 Å². The summed E-state index contributed by atoms with van der Waals surface area (Å²) in [6.07, 6.45) is 0.202. The zero-order valence-electron chi connectivity index (χ0n) is 15.8. The summed E-state index contributed by atoms with van der Waals surface area (Å²) in [5.74, 6) is 0.732. The van der Waals surface area contributed by atoms with E-state index in [0.29, 0.717) is 30.3 Å². The van der Waals surface area contributed by atoms with E-state index in [4.69, 9.17) is 9.47 Å². The van der Waals surface area contributed by atoms with E-state index >= 15 is 0 Å². The molecular weight excluding hydrogens is 344 g/mol. The molecule has 2 amide bonds. The van der Waals surface area contributed by atoms with E-state index < -0.39 is 0 Å². The monoisotopic (exact) mass is 368 g/mol. The molecule has 0 N–H and O–H groups in total. The maximum absolute atomic E-state index is 12.8. The lowest BCUT2D eigenvalue weighted by molar-refractivity contribution is -0.135. The molecule has 1 heterocycles. The minimum absolute atomic E-state index is 0.0258. The first-order valence-corrected chi connectivity index (χ1v) is 8.84. The van der Waals surface area contributed by atoms with Crippen molar-refractivity contribution in [2.45, 2.75) is 13.0 Å². The second-order valence-electron chi connectivity index (χ2n) is 6.62. The summed E-state index contributed by atoms with van der Waals surface area (Å²) in [5.41, 5.74) is 1.72. The predicted molar refractivity (Wildman–Crippen MR) is 103 cm³/mol. The van der Waals surface area contributed by atoms with Crippen LogP contribution < -0.4 is 14.4 Å². The summed E-state index contributed by atoms with van der Waals surface area (Å²) in [6, 6.07) is 15.1. The number of carbonyl (C=O) groups is 2. The van der Waals surface area contributed by atoms with Crippen LogP contribution in [0, 0.1) is 5.92 Å². The van der Waals surface area contributed by atoms with Crippen LogP contribution in [0.3, 0.4) is 0 Å². The molecule has 0 spiro atoms. The van der Waals surface area contributed by atoms with Gasteiger partial charge in [0.05, 0.1) is 25.8 Å². The Morgan fingerprint density at radius 3 is 2.56 bits per heavy atom. The number of rotatable bonds is 6. The molecule has 1 aliphatic rings. The van der Waals surface area contributed by atoms with Crippen molar-refractivity contribution in [2.24, 2.45) is 5.92 Å². The summed E-state index contributed by atoms with van der Waals surface area (Å²) < 4.78 is 10.6. The average molecular weight is 368 g/mol. The minimum Gasteiger partial charge on any atom is -0.497 e. The van der Waals surface area contributed by atoms with Gasteiger partial charge in [0.2, 0.25) is 11.8 Å². The Labute approximate surface area is 159 Å². The van der Waals surface area contributed by atoms with Crippen LogP contribution in [0.1, 0.15) is 12.0 Å². The zero-order valence-corrected chi connectivity index (χ0v) is 15.8. The van der Waals surface area contributed by atoms with E-state index in [2.05, 4.69) is 0 Å². The topological polar surface area (TPSA) is 59.1 Å². The van der Waals surface area contributed by atoms with Crippen LogP contribution in [-0.4, -0.2) is 44.5 Å². The third kappa shape index (κ3) is 4.05. The van der Waals surface area contributed by atoms with E-state index in [1.165, 1.54) is 0 Å². The van der Waals surface area contributed by atoms with E-state index in [9.17, 15) is 9.59 Å². The molecule has 1 aliphatic heterocycles. The lowest BCUT2D eigenvalue weighted by atomic mass is 10.1. The average Bonchev–Trinajstić information content (AvgIpc) is 3.08. The van der Waals surface area contributed by atoms with Gasteiger partial charge in [0.15, 0.2) is 0 Å². The van der Waals surface area contributed by atoms with Crippen LogP contribution in [0.4, 0.5) is 5.69 Å². The number of amides is 2. The van der Waals surface area contributed by atoms with Gasteiger partial charge >= 0.3 is 0 Å². The molecule has 0 saturated carbocycles. The van der Waals surface area contributed by atoms with Crippen LogP contribution in [0.2, 0.25) is 0 Å². The van der Waals surface area contributed by atoms with Gasteiger partial charge in [0, 0.05) is 32.6 Å². The van der Waals surface area contributed by atoms with Crippen LogP contribution in [0.5, 0.6) is 11.5 Å². The number of hydrogen-bond donors (Lipinski definition) is 0. The van der Waals surface area contributed by atoms with E-state index in [-0.39, 0.29) is 24.2 Å². The van der Waals surface area contributed by atoms with Gasteiger partial charge in [-0.3, -0.25) is 9.59 Å². The summed E-state index contributed by atoms with van der Waals surface area (Å²) in [5, 5.41) is 0. The van der Waals surface area contributed by atoms with Gasteiger partial charge in [-0.15, -0.1) is 0 Å². The number of benzene rings is 2. The van der Waals surface area contributed by atoms with Crippen molar-refractivity contribution in [3.05, 3.63) is 54.1 Å². The van der Waals surface area contributed by atoms with Crippen LogP contribution >= 0.6 is 0 Å². The second kappa shape index (κ2) is 8.12. The van der Waals surface area contributed by atoms with Gasteiger partial charge in [-0.05, 0) is 17.7 Å². The zero-order chi connectivity index (χ0) is 19.4. The summed E-state index contributed by atoms with van der Waals surface area (Å²) >= 11 is 0. The first kappa shape index (κ1) is 18.8. The van der Waals surface area contributed by atoms with Gasteiger partial charge in [-0.2, -0.15) is 0 Å². The molecule has 0 radical (unpaired) electrons. The van der Waals surface area contributed by atoms with Crippen molar-refractivity contribution >= 4 is 17.5 Å². The predicted octanol–water partition coefficient (Wildman–Crippen LogP) is 2.72. The minimum atomic E-state index is -0.363. The molecule has 0 unspecified atom stereocenters. The first-order chi connectivity index (χ1) is 13.0. The normalized spacial score (nSPS) is 16.3. The fourth-order valence-corrected chi connectivity index (χ4v) is 3.36. The van der Waals surface area contributed by atoms with Gasteiger partial charge in [0.1, 0.15) is 11.5 Å². The van der Waals surface area contributed by atoms with Gasteiger partial charge < -0.3 is 19.3 Å². The molecule has 6 nitrogen and oxygen atoms in total. The molecule has 6 heteroatoms. The highest BCUT2D eigenvalue weighted by molar-refractivity contribution is 6.01. The molecular formula is C21H24N2O4. The molecule has 27 heavy (non-hydrogen) atoms. The Kier molecular flexibility index (Phi) is 5.64. The number of ether oxygens (including phenoxy) is 2. The molecule has 0 aliphatic carbocycles. The Morgan fingerprint density at radius 2 is 1.89 bits per heavy atom. The Bertz CT molecular complexity index is 822. The molecule has 1 saturated heterocycles. The number of methoxy groups -OCH3 is 2. The van der Waals surface area contributed by atoms with Crippen molar-refractivity contribution in [3.8, 4) is 11.5 Å². The lowest BCUT2D eigenvalue weighted by Crippen LogP contribution is -2.34. The van der Waals surface area contributed by atoms with E-state index in [1.807, 2.05) is 30.3 Å². The molecule has 1 fully saturated rings. The largest absolute Gasteiger partial charge is 0.497 e. The summed E-state index contributed by atoms with van der Waals surface area (Å²) in [7, 11) is 4.90. The number of carbonyl (C=O) groups excluding carboxylic acids is 2. The summed E-state index contributed by atoms with van der Waals surface area (Å²) in [4.78, 5) is 28.7. The highest BCUT2D eigenvalue weighted by atomic mass is 16.5. The third-order valence-electron chi connectivity index (χ3n) is 4.79. The molecule has 0 bridgehead atoms. The molecule has 2 aromatic carbocycles. The van der Waals surface area contributed by atoms with Gasteiger partial charge in [0.25, 0.3) is 0 Å². The highest BCUT2D eigenvalue weighted by Gasteiger charge is 2.37. The lowest BCUT2D eigenvalue weighted by Gasteiger charge is -2.22. The Hall–Kier alpha value is -3.02. The Morgan fingerprint density at radius 1 is 1.15 bits per heavy atom. The maximum atomic E-state index is 12.8. The third-order valence-corrected chi connectivity index (χ3v) is 4.79. The quantitative estimate of drug-likeness (QED) is 0.787. The van der Waals surface area contributed by atoms with Crippen molar-refractivity contribution in [1.82, 2.24) is 4.90 Å². The van der Waals surface area contributed by atoms with Crippen molar-refractivity contribution in [1.29, 1.82) is 0 Å².